The summed E-state index contributed by atoms with van der Waals surface area (Å²) in [5, 5.41) is 8.82. The van der Waals surface area contributed by atoms with Crippen molar-refractivity contribution in [1.29, 1.82) is 0 Å². The summed E-state index contributed by atoms with van der Waals surface area (Å²) in [4.78, 5) is 24.3. The van der Waals surface area contributed by atoms with Crippen LogP contribution in [-0.2, 0) is 9.59 Å². The van der Waals surface area contributed by atoms with Crippen LogP contribution in [0.4, 0.5) is 0 Å². The largest absolute Gasteiger partial charge is 0.480 e. The van der Waals surface area contributed by atoms with Crippen molar-refractivity contribution >= 4 is 11.9 Å². The molecule has 1 atom stereocenters. The summed E-state index contributed by atoms with van der Waals surface area (Å²) in [6.45, 7) is 8.33. The fraction of sp³-hybridized carbons (Fsp3) is 0.857. The van der Waals surface area contributed by atoms with E-state index in [1.807, 2.05) is 13.8 Å². The number of amides is 1. The summed E-state index contributed by atoms with van der Waals surface area (Å²) < 4.78 is 0. The summed E-state index contributed by atoms with van der Waals surface area (Å²) in [5.74, 6) is -0.138. The van der Waals surface area contributed by atoms with Gasteiger partial charge in [0.15, 0.2) is 0 Å². The van der Waals surface area contributed by atoms with Crippen molar-refractivity contribution < 1.29 is 14.7 Å². The van der Waals surface area contributed by atoms with Gasteiger partial charge < -0.3 is 15.7 Å². The van der Waals surface area contributed by atoms with E-state index >= 15 is 0 Å². The van der Waals surface area contributed by atoms with Crippen LogP contribution >= 0.6 is 0 Å². The molecule has 0 aliphatic rings. The first-order chi connectivity index (χ1) is 8.79. The molecule has 5 nitrogen and oxygen atoms in total. The van der Waals surface area contributed by atoms with Crippen LogP contribution in [0.5, 0.6) is 0 Å². The minimum absolute atomic E-state index is 0.0833. The molecule has 0 aliphatic heterocycles. The van der Waals surface area contributed by atoms with Gasteiger partial charge in [0, 0.05) is 12.5 Å². The summed E-state index contributed by atoms with van der Waals surface area (Å²) in [5.41, 5.74) is 5.57. The van der Waals surface area contributed by atoms with Gasteiger partial charge in [0.05, 0.1) is 0 Å². The maximum Gasteiger partial charge on any atom is 0.323 e. The van der Waals surface area contributed by atoms with Crippen LogP contribution < -0.4 is 5.73 Å². The molecule has 1 amide bonds. The highest BCUT2D eigenvalue weighted by Gasteiger charge is 2.21. The highest BCUT2D eigenvalue weighted by atomic mass is 16.4. The number of aliphatic carboxylic acids is 1. The van der Waals surface area contributed by atoms with E-state index in [1.54, 1.807) is 0 Å². The molecular formula is C14H28N2O3. The van der Waals surface area contributed by atoms with E-state index in [4.69, 9.17) is 10.8 Å². The average molecular weight is 272 g/mol. The molecule has 0 heterocycles. The first-order valence-electron chi connectivity index (χ1n) is 7.00. The van der Waals surface area contributed by atoms with Gasteiger partial charge in [-0.05, 0) is 45.1 Å². The number of nitrogens with two attached hydrogens (primary N) is 1. The third-order valence-electron chi connectivity index (χ3n) is 3.46. The summed E-state index contributed by atoms with van der Waals surface area (Å²) in [6.07, 6.45) is 2.08. The Hall–Kier alpha value is -1.10. The van der Waals surface area contributed by atoms with Crippen LogP contribution in [0.3, 0.4) is 0 Å². The number of hydrogen-bond donors (Lipinski definition) is 2. The van der Waals surface area contributed by atoms with E-state index < -0.39 is 5.97 Å². The molecule has 0 spiro atoms. The molecule has 0 aromatic rings. The SMILES string of the molecule is CC(C)C(CCN)CCC(=O)N(CC(=O)O)C(C)C. The third-order valence-corrected chi connectivity index (χ3v) is 3.46. The molecule has 0 aromatic heterocycles. The average Bonchev–Trinajstić information content (AvgIpc) is 2.30. The highest BCUT2D eigenvalue weighted by Crippen LogP contribution is 2.21. The van der Waals surface area contributed by atoms with E-state index in [-0.39, 0.29) is 18.5 Å². The maximum atomic E-state index is 12.1. The zero-order valence-corrected chi connectivity index (χ0v) is 12.6. The monoisotopic (exact) mass is 272 g/mol. The van der Waals surface area contributed by atoms with Crippen LogP contribution in [0.15, 0.2) is 0 Å². The van der Waals surface area contributed by atoms with Gasteiger partial charge in [0.2, 0.25) is 5.91 Å². The van der Waals surface area contributed by atoms with Gasteiger partial charge in [0.1, 0.15) is 6.54 Å². The molecule has 0 fully saturated rings. The molecule has 1 unspecified atom stereocenters. The molecule has 0 radical (unpaired) electrons. The van der Waals surface area contributed by atoms with Gasteiger partial charge in [-0.2, -0.15) is 0 Å². The fourth-order valence-electron chi connectivity index (χ4n) is 2.18. The number of carboxylic acids is 1. The topological polar surface area (TPSA) is 83.6 Å². The van der Waals surface area contributed by atoms with Crippen molar-refractivity contribution in [2.75, 3.05) is 13.1 Å². The Morgan fingerprint density at radius 3 is 2.11 bits per heavy atom. The summed E-state index contributed by atoms with van der Waals surface area (Å²) >= 11 is 0. The lowest BCUT2D eigenvalue weighted by Crippen LogP contribution is -2.40. The Kier molecular flexibility index (Phi) is 8.39. The van der Waals surface area contributed by atoms with Crippen LogP contribution in [0.1, 0.15) is 47.0 Å². The Morgan fingerprint density at radius 2 is 1.74 bits per heavy atom. The summed E-state index contributed by atoms with van der Waals surface area (Å²) in [7, 11) is 0. The lowest BCUT2D eigenvalue weighted by molar-refractivity contribution is -0.145. The number of carboxylic acid groups (broad SMARTS) is 1. The highest BCUT2D eigenvalue weighted by molar-refractivity contribution is 5.81. The Morgan fingerprint density at radius 1 is 1.16 bits per heavy atom. The van der Waals surface area contributed by atoms with Crippen molar-refractivity contribution in [1.82, 2.24) is 4.90 Å². The van der Waals surface area contributed by atoms with Crippen molar-refractivity contribution in [3.05, 3.63) is 0 Å². The quantitative estimate of drug-likeness (QED) is 0.669. The molecule has 0 bridgehead atoms. The van der Waals surface area contributed by atoms with E-state index in [0.29, 0.717) is 24.8 Å². The summed E-state index contributed by atoms with van der Waals surface area (Å²) in [6, 6.07) is -0.0874. The second-order valence-electron chi connectivity index (χ2n) is 5.63. The van der Waals surface area contributed by atoms with Crippen LogP contribution in [0.25, 0.3) is 0 Å². The van der Waals surface area contributed by atoms with Gasteiger partial charge in [0.25, 0.3) is 0 Å². The van der Waals surface area contributed by atoms with E-state index in [2.05, 4.69) is 13.8 Å². The standard InChI is InChI=1S/C14H28N2O3/c1-10(2)12(7-8-15)5-6-13(17)16(11(3)4)9-14(18)19/h10-12H,5-9,15H2,1-4H3,(H,18,19). The number of carbonyl (C=O) groups excluding carboxylic acids is 1. The van der Waals surface area contributed by atoms with Gasteiger partial charge in [-0.25, -0.2) is 0 Å². The predicted octanol–water partition coefficient (Wildman–Crippen LogP) is 1.71. The first-order valence-corrected chi connectivity index (χ1v) is 7.00. The van der Waals surface area contributed by atoms with Crippen molar-refractivity contribution in [3.8, 4) is 0 Å². The molecule has 0 rings (SSSR count). The van der Waals surface area contributed by atoms with Gasteiger partial charge >= 0.3 is 5.97 Å². The number of rotatable bonds is 9. The van der Waals surface area contributed by atoms with Crippen molar-refractivity contribution in [2.24, 2.45) is 17.6 Å². The Bertz CT molecular complexity index is 290. The first kappa shape index (κ1) is 17.9. The molecule has 3 N–H and O–H groups in total. The smallest absolute Gasteiger partial charge is 0.323 e. The number of hydrogen-bond acceptors (Lipinski definition) is 3. The second kappa shape index (κ2) is 8.91. The van der Waals surface area contributed by atoms with E-state index in [9.17, 15) is 9.59 Å². The van der Waals surface area contributed by atoms with Gasteiger partial charge in [-0.15, -0.1) is 0 Å². The van der Waals surface area contributed by atoms with Gasteiger partial charge in [-0.1, -0.05) is 13.8 Å². The predicted molar refractivity (Wildman–Crippen MR) is 75.7 cm³/mol. The molecule has 19 heavy (non-hydrogen) atoms. The lowest BCUT2D eigenvalue weighted by Gasteiger charge is -2.26. The Balaban J connectivity index is 4.42. The van der Waals surface area contributed by atoms with Crippen LogP contribution in [0, 0.1) is 11.8 Å². The Labute approximate surface area is 116 Å². The second-order valence-corrected chi connectivity index (χ2v) is 5.63. The normalized spacial score (nSPS) is 12.8. The fourth-order valence-corrected chi connectivity index (χ4v) is 2.18. The zero-order valence-electron chi connectivity index (χ0n) is 12.6. The van der Waals surface area contributed by atoms with E-state index in [0.717, 1.165) is 12.8 Å². The molecule has 5 heteroatoms. The number of carbonyl (C=O) groups is 2. The zero-order chi connectivity index (χ0) is 15.0. The van der Waals surface area contributed by atoms with Crippen LogP contribution in [-0.4, -0.2) is 41.0 Å². The maximum absolute atomic E-state index is 12.1. The number of nitrogens with zero attached hydrogens (tertiary/aromatic N) is 1. The molecule has 112 valence electrons. The molecule has 0 saturated heterocycles. The van der Waals surface area contributed by atoms with Gasteiger partial charge in [-0.3, -0.25) is 9.59 Å². The third kappa shape index (κ3) is 7.15. The van der Waals surface area contributed by atoms with Crippen LogP contribution in [0.2, 0.25) is 0 Å². The van der Waals surface area contributed by atoms with Crippen molar-refractivity contribution in [2.45, 2.75) is 53.0 Å². The lowest BCUT2D eigenvalue weighted by atomic mass is 9.88. The minimum Gasteiger partial charge on any atom is -0.480 e. The molecule has 0 aromatic carbocycles. The van der Waals surface area contributed by atoms with E-state index in [1.165, 1.54) is 4.90 Å². The molecule has 0 aliphatic carbocycles. The minimum atomic E-state index is -0.968. The van der Waals surface area contributed by atoms with Crippen molar-refractivity contribution in [3.63, 3.8) is 0 Å². The molecular weight excluding hydrogens is 244 g/mol. The molecule has 0 saturated carbocycles.